The van der Waals surface area contributed by atoms with E-state index in [1.165, 1.54) is 13.2 Å². The van der Waals surface area contributed by atoms with Crippen molar-refractivity contribution in [3.05, 3.63) is 23.3 Å². The normalized spacial score (nSPS) is 20.5. The van der Waals surface area contributed by atoms with Gasteiger partial charge in [-0.25, -0.2) is 0 Å². The van der Waals surface area contributed by atoms with Gasteiger partial charge >= 0.3 is 29.8 Å². The molecule has 230 valence electrons. The third kappa shape index (κ3) is 11.7. The highest BCUT2D eigenvalue weighted by atomic mass is 35.5. The van der Waals surface area contributed by atoms with Gasteiger partial charge in [0.25, 0.3) is 0 Å². The van der Waals surface area contributed by atoms with Crippen LogP contribution in [0.15, 0.2) is 23.3 Å². The van der Waals surface area contributed by atoms with Crippen molar-refractivity contribution in [2.24, 2.45) is 5.92 Å². The first-order valence-electron chi connectivity index (χ1n) is 13.6. The van der Waals surface area contributed by atoms with Gasteiger partial charge in [-0.2, -0.15) is 0 Å². The fourth-order valence-electron chi connectivity index (χ4n) is 4.77. The summed E-state index contributed by atoms with van der Waals surface area (Å²) in [4.78, 5) is 74.2. The Bertz CT molecular complexity index is 1020. The van der Waals surface area contributed by atoms with Crippen LogP contribution in [0.1, 0.15) is 86.0 Å². The molecule has 0 N–H and O–H groups in total. The second kappa shape index (κ2) is 17.6. The van der Waals surface area contributed by atoms with E-state index in [9.17, 15) is 28.8 Å². The van der Waals surface area contributed by atoms with E-state index >= 15 is 0 Å². The summed E-state index contributed by atoms with van der Waals surface area (Å²) in [5.74, 6) is -5.83. The minimum absolute atomic E-state index is 0.00351. The highest BCUT2D eigenvalue weighted by Gasteiger charge is 2.58. The lowest BCUT2D eigenvalue weighted by molar-refractivity contribution is -0.198. The first-order chi connectivity index (χ1) is 19.3. The summed E-state index contributed by atoms with van der Waals surface area (Å²) in [5, 5.41) is -0.260. The molecule has 1 rings (SSSR count). The minimum Gasteiger partial charge on any atom is -0.469 e. The molecule has 0 saturated heterocycles. The number of rotatable bonds is 17. The molecule has 0 saturated carbocycles. The maximum Gasteiger partial charge on any atom is 0.305 e. The Morgan fingerprint density at radius 1 is 0.927 bits per heavy atom. The van der Waals surface area contributed by atoms with Crippen molar-refractivity contribution in [1.82, 2.24) is 0 Å². The van der Waals surface area contributed by atoms with Crippen LogP contribution in [0.4, 0.5) is 0 Å². The summed E-state index contributed by atoms with van der Waals surface area (Å²) in [6, 6.07) is 0. The van der Waals surface area contributed by atoms with Crippen LogP contribution in [0.25, 0.3) is 0 Å². The number of carbonyl (C=O) groups excluding carboxylic acids is 6. The number of hydrogen-bond donors (Lipinski definition) is 0. The summed E-state index contributed by atoms with van der Waals surface area (Å²) in [6.45, 7) is 6.55. The van der Waals surface area contributed by atoms with E-state index in [1.54, 1.807) is 6.08 Å². The van der Waals surface area contributed by atoms with E-state index in [0.717, 1.165) is 53.4 Å². The number of allylic oxidation sites excluding steroid dienone is 2. The number of unbranched alkanes of at least 4 members (excludes halogenated alkanes) is 3. The number of carbonyl (C=O) groups is 6. The van der Waals surface area contributed by atoms with Crippen LogP contribution in [0.3, 0.4) is 0 Å². The molecule has 12 heteroatoms. The molecule has 11 nitrogen and oxygen atoms in total. The fraction of sp³-hybridized carbons (Fsp3) is 0.655. The number of ketones is 1. The van der Waals surface area contributed by atoms with Gasteiger partial charge in [-0.3, -0.25) is 28.8 Å². The zero-order valence-corrected chi connectivity index (χ0v) is 25.3. The minimum atomic E-state index is -1.70. The number of hydrogen-bond acceptors (Lipinski definition) is 11. The zero-order valence-electron chi connectivity index (χ0n) is 24.6. The van der Waals surface area contributed by atoms with Crippen LogP contribution in [-0.4, -0.2) is 66.7 Å². The first-order valence-corrected chi connectivity index (χ1v) is 14.0. The van der Waals surface area contributed by atoms with Crippen molar-refractivity contribution >= 4 is 47.2 Å². The van der Waals surface area contributed by atoms with Gasteiger partial charge in [0.2, 0.25) is 0 Å². The summed E-state index contributed by atoms with van der Waals surface area (Å²) in [7, 11) is 1.22. The quantitative estimate of drug-likeness (QED) is 0.102. The van der Waals surface area contributed by atoms with Crippen LogP contribution in [-0.2, 0) is 52.5 Å². The van der Waals surface area contributed by atoms with Crippen molar-refractivity contribution in [3.8, 4) is 0 Å². The van der Waals surface area contributed by atoms with Crippen LogP contribution >= 0.6 is 11.6 Å². The molecular weight excluding hydrogens is 560 g/mol. The summed E-state index contributed by atoms with van der Waals surface area (Å²) in [5.41, 5.74) is -1.70. The van der Waals surface area contributed by atoms with Crippen LogP contribution in [0.5, 0.6) is 0 Å². The molecule has 41 heavy (non-hydrogen) atoms. The molecule has 1 aliphatic carbocycles. The van der Waals surface area contributed by atoms with Crippen molar-refractivity contribution in [1.29, 1.82) is 0 Å². The number of Topliss-reactive ketones (excluding diaryl/α,β-unsaturated/α-hetero) is 1. The van der Waals surface area contributed by atoms with Gasteiger partial charge in [0.1, 0.15) is 17.6 Å². The predicted octanol–water partition coefficient (Wildman–Crippen LogP) is 4.27. The van der Waals surface area contributed by atoms with Crippen LogP contribution < -0.4 is 0 Å². The largest absolute Gasteiger partial charge is 0.469 e. The second-order valence-electron chi connectivity index (χ2n) is 9.82. The van der Waals surface area contributed by atoms with E-state index in [-0.39, 0.29) is 30.7 Å². The standard InChI is InChI=1S/C29H41ClO11/c1-7-8-9-10-11-12-16-29(41-21(5)34)17-22(30)26(36)25(29)28(40-20(4)33)27(39-19(3)32)23(38-18(2)31)14-13-15-24(35)37-6/h11-12,17,23,25,27-28H,7-10,13-16H2,1-6H3/b12-11-/t23-,25?,27+,28+,29+/m0/s1. The number of ether oxygens (including phenoxy) is 5. The average molecular weight is 601 g/mol. The lowest BCUT2D eigenvalue weighted by atomic mass is 9.78. The van der Waals surface area contributed by atoms with E-state index < -0.39 is 65.5 Å². The van der Waals surface area contributed by atoms with Crippen molar-refractivity contribution in [3.63, 3.8) is 0 Å². The Labute approximate surface area is 245 Å². The number of esters is 5. The summed E-state index contributed by atoms with van der Waals surface area (Å²) < 4.78 is 27.0. The van der Waals surface area contributed by atoms with E-state index in [2.05, 4.69) is 11.7 Å². The highest BCUT2D eigenvalue weighted by Crippen LogP contribution is 2.44. The smallest absolute Gasteiger partial charge is 0.305 e. The molecule has 0 aromatic carbocycles. The van der Waals surface area contributed by atoms with Crippen LogP contribution in [0.2, 0.25) is 0 Å². The van der Waals surface area contributed by atoms with Crippen molar-refractivity contribution in [2.45, 2.75) is 110 Å². The predicted molar refractivity (Wildman–Crippen MR) is 147 cm³/mol. The van der Waals surface area contributed by atoms with Gasteiger partial charge in [0, 0.05) is 40.5 Å². The maximum absolute atomic E-state index is 13.6. The van der Waals surface area contributed by atoms with Gasteiger partial charge in [-0.15, -0.1) is 0 Å². The van der Waals surface area contributed by atoms with E-state index in [4.69, 9.17) is 30.5 Å². The average Bonchev–Trinajstić information content (AvgIpc) is 3.10. The Balaban J connectivity index is 3.67. The molecule has 0 aliphatic heterocycles. The first kappa shape index (κ1) is 35.8. The van der Waals surface area contributed by atoms with Crippen molar-refractivity contribution < 1.29 is 52.5 Å². The fourth-order valence-corrected chi connectivity index (χ4v) is 5.08. The summed E-state index contributed by atoms with van der Waals surface area (Å²) in [6.07, 6.45) is 4.37. The van der Waals surface area contributed by atoms with Gasteiger partial charge in [-0.05, 0) is 31.8 Å². The molecule has 0 spiro atoms. The molecule has 1 unspecified atom stereocenters. The van der Waals surface area contributed by atoms with E-state index in [1.807, 2.05) is 6.08 Å². The lowest BCUT2D eigenvalue weighted by Crippen LogP contribution is -2.56. The molecule has 0 fully saturated rings. The number of halogens is 1. The third-order valence-corrected chi connectivity index (χ3v) is 6.66. The third-order valence-electron chi connectivity index (χ3n) is 6.36. The molecule has 0 aromatic rings. The Morgan fingerprint density at radius 3 is 2.10 bits per heavy atom. The second-order valence-corrected chi connectivity index (χ2v) is 10.2. The van der Waals surface area contributed by atoms with Gasteiger partial charge in [0.15, 0.2) is 18.0 Å². The topological polar surface area (TPSA) is 149 Å². The van der Waals surface area contributed by atoms with Crippen molar-refractivity contribution in [2.75, 3.05) is 7.11 Å². The summed E-state index contributed by atoms with van der Waals surface area (Å²) >= 11 is 6.31. The molecule has 0 aromatic heterocycles. The molecule has 1 aliphatic rings. The molecule has 0 heterocycles. The molecule has 0 amide bonds. The maximum atomic E-state index is 13.6. The van der Waals surface area contributed by atoms with E-state index in [0.29, 0.717) is 0 Å². The lowest BCUT2D eigenvalue weighted by Gasteiger charge is -2.40. The molecule has 0 radical (unpaired) electrons. The van der Waals surface area contributed by atoms with Gasteiger partial charge < -0.3 is 23.7 Å². The van der Waals surface area contributed by atoms with Gasteiger partial charge in [0.05, 0.1) is 12.1 Å². The van der Waals surface area contributed by atoms with Gasteiger partial charge in [-0.1, -0.05) is 43.5 Å². The zero-order chi connectivity index (χ0) is 31.2. The highest BCUT2D eigenvalue weighted by molar-refractivity contribution is 6.44. The molecule has 5 atom stereocenters. The number of methoxy groups -OCH3 is 1. The van der Waals surface area contributed by atoms with Crippen LogP contribution in [0, 0.1) is 5.92 Å². The Hall–Kier alpha value is -3.21. The SMILES string of the molecule is CCCCC/C=C\C[C@@]1(OC(C)=O)C=C(Cl)C(=O)C1[C@@H](OC(C)=O)[C@H](OC(C)=O)[C@H](CCCC(=O)OC)OC(C)=O. The Morgan fingerprint density at radius 2 is 1.56 bits per heavy atom. The Kier molecular flexibility index (Phi) is 15.3. The monoisotopic (exact) mass is 600 g/mol. The molecule has 0 bridgehead atoms. The molecular formula is C29H41ClO11.